The molecular formula is C26H23ClN4O4. The summed E-state index contributed by atoms with van der Waals surface area (Å²) < 4.78 is 0. The zero-order chi connectivity index (χ0) is 24.8. The Labute approximate surface area is 207 Å². The molecule has 5 N–H and O–H groups in total. The fourth-order valence-electron chi connectivity index (χ4n) is 3.85. The Morgan fingerprint density at radius 2 is 1.31 bits per heavy atom. The maximum Gasteiger partial charge on any atom is 0.188 e. The van der Waals surface area contributed by atoms with Crippen molar-refractivity contribution in [3.05, 3.63) is 135 Å². The Morgan fingerprint density at radius 3 is 1.89 bits per heavy atom. The van der Waals surface area contributed by atoms with Gasteiger partial charge in [0.1, 0.15) is 5.02 Å². The van der Waals surface area contributed by atoms with Crippen LogP contribution in [0.25, 0.3) is 0 Å². The lowest BCUT2D eigenvalue weighted by molar-refractivity contribution is -0.996. The van der Waals surface area contributed by atoms with E-state index in [4.69, 9.17) is 16.7 Å². The van der Waals surface area contributed by atoms with Gasteiger partial charge in [0, 0.05) is 5.56 Å². The predicted octanol–water partition coefficient (Wildman–Crippen LogP) is 3.80. The van der Waals surface area contributed by atoms with Gasteiger partial charge in [0.15, 0.2) is 11.4 Å². The summed E-state index contributed by atoms with van der Waals surface area (Å²) >= 11 is 6.33. The number of halogens is 1. The molecule has 9 heteroatoms. The lowest BCUT2D eigenvalue weighted by Gasteiger charge is -2.26. The highest BCUT2D eigenvalue weighted by atomic mass is 35.5. The van der Waals surface area contributed by atoms with Gasteiger partial charge < -0.3 is 10.4 Å². The van der Waals surface area contributed by atoms with Crippen molar-refractivity contribution in [1.29, 1.82) is 0 Å². The number of rotatable bonds is 8. The van der Waals surface area contributed by atoms with Crippen LogP contribution in [0.2, 0.25) is 5.02 Å². The van der Waals surface area contributed by atoms with Crippen LogP contribution >= 0.6 is 11.6 Å². The first-order chi connectivity index (χ1) is 17.0. The Kier molecular flexibility index (Phi) is 7.86. The van der Waals surface area contributed by atoms with Crippen LogP contribution in [0.1, 0.15) is 22.6 Å². The highest BCUT2D eigenvalue weighted by Crippen LogP contribution is 2.36. The van der Waals surface area contributed by atoms with E-state index in [2.05, 4.69) is 5.43 Å². The maximum atomic E-state index is 12.3. The number of hydrazone groups is 1. The van der Waals surface area contributed by atoms with Crippen molar-refractivity contribution in [3.8, 4) is 0 Å². The van der Waals surface area contributed by atoms with Crippen LogP contribution in [0.4, 0.5) is 17.1 Å². The van der Waals surface area contributed by atoms with Crippen molar-refractivity contribution in [2.45, 2.75) is 5.92 Å². The molecule has 0 heterocycles. The van der Waals surface area contributed by atoms with Gasteiger partial charge in [-0.05, 0) is 29.3 Å². The zero-order valence-electron chi connectivity index (χ0n) is 18.4. The first-order valence-electron chi connectivity index (χ1n) is 10.7. The third kappa shape index (κ3) is 5.73. The Hall–Kier alpha value is -3.60. The molecule has 0 fully saturated rings. The number of nitrogens with zero attached hydrogens (tertiary/aromatic N) is 1. The summed E-state index contributed by atoms with van der Waals surface area (Å²) in [6.07, 6.45) is 0. The number of nitrogens with one attached hydrogen (secondary N) is 3. The van der Waals surface area contributed by atoms with Crippen molar-refractivity contribution < 1.29 is 20.9 Å². The summed E-state index contributed by atoms with van der Waals surface area (Å²) in [5.74, 6) is -0.666. The van der Waals surface area contributed by atoms with Crippen molar-refractivity contribution in [2.24, 2.45) is 5.10 Å². The van der Waals surface area contributed by atoms with Crippen molar-refractivity contribution >= 4 is 34.4 Å². The third-order valence-corrected chi connectivity index (χ3v) is 5.78. The van der Waals surface area contributed by atoms with E-state index in [0.29, 0.717) is 11.3 Å². The molecule has 0 spiro atoms. The summed E-state index contributed by atoms with van der Waals surface area (Å²) in [6, 6.07) is 30.6. The molecule has 3 atom stereocenters. The van der Waals surface area contributed by atoms with Gasteiger partial charge in [0.05, 0.1) is 23.4 Å². The topological polar surface area (TPSA) is 120 Å². The van der Waals surface area contributed by atoms with E-state index >= 15 is 0 Å². The molecule has 0 aliphatic carbocycles. The predicted molar refractivity (Wildman–Crippen MR) is 134 cm³/mol. The molecule has 0 amide bonds. The van der Waals surface area contributed by atoms with Gasteiger partial charge in [-0.1, -0.05) is 90.5 Å². The monoisotopic (exact) mass is 490 g/mol. The van der Waals surface area contributed by atoms with Crippen molar-refractivity contribution in [2.75, 3.05) is 5.43 Å². The number of quaternary nitrogens is 2. The van der Waals surface area contributed by atoms with Crippen molar-refractivity contribution in [1.82, 2.24) is 0 Å². The molecule has 0 aliphatic rings. The van der Waals surface area contributed by atoms with E-state index in [1.807, 2.05) is 91.0 Å². The highest BCUT2D eigenvalue weighted by Gasteiger charge is 2.30. The number of benzene rings is 4. The SMILES string of the molecule is [O-][NH+](O)c1cc([NH+]([O-])O)c([C@@H](C(=NNc2ccccc2)c2ccccc2)c2ccccc2)cc1Cl. The molecule has 0 aromatic heterocycles. The molecule has 0 saturated carbocycles. The quantitative estimate of drug-likeness (QED) is 0.190. The van der Waals surface area contributed by atoms with Gasteiger partial charge in [-0.15, -0.1) is 0 Å². The normalized spacial score (nSPS) is 14.3. The molecule has 178 valence electrons. The number of anilines is 1. The van der Waals surface area contributed by atoms with E-state index in [-0.39, 0.29) is 16.4 Å². The summed E-state index contributed by atoms with van der Waals surface area (Å²) in [6.45, 7) is 0. The maximum absolute atomic E-state index is 12.3. The van der Waals surface area contributed by atoms with E-state index in [1.165, 1.54) is 6.07 Å². The largest absolute Gasteiger partial charge is 0.595 e. The second kappa shape index (κ2) is 11.2. The van der Waals surface area contributed by atoms with E-state index in [9.17, 15) is 20.8 Å². The van der Waals surface area contributed by atoms with E-state index in [0.717, 1.165) is 22.9 Å². The van der Waals surface area contributed by atoms with Gasteiger partial charge in [-0.2, -0.15) is 15.6 Å². The van der Waals surface area contributed by atoms with Crippen LogP contribution in [0.5, 0.6) is 0 Å². The minimum Gasteiger partial charge on any atom is -0.595 e. The molecule has 8 nitrogen and oxygen atoms in total. The van der Waals surface area contributed by atoms with Crippen LogP contribution in [0.3, 0.4) is 0 Å². The number of hydrogen-bond donors (Lipinski definition) is 5. The fourth-order valence-corrected chi connectivity index (χ4v) is 4.10. The second-order valence-electron chi connectivity index (χ2n) is 7.71. The standard InChI is InChI=1S/C26H23ClN4O4/c27-22-16-21(23(30(32)33)17-24(22)31(34)35)25(18-10-4-1-5-11-18)26(19-12-6-2-7-13-19)29-28-20-14-8-3-9-15-20/h1-17,25,28,30-32,34H/t25-/m0/s1. The van der Waals surface area contributed by atoms with Crippen LogP contribution in [-0.4, -0.2) is 16.1 Å². The summed E-state index contributed by atoms with van der Waals surface area (Å²) in [5.41, 5.74) is 5.79. The number of hydrogen-bond acceptors (Lipinski definition) is 6. The second-order valence-corrected chi connectivity index (χ2v) is 8.12. The average molecular weight is 491 g/mol. The average Bonchev–Trinajstić information content (AvgIpc) is 2.87. The smallest absolute Gasteiger partial charge is 0.188 e. The first kappa shape index (κ1) is 24.5. The third-order valence-electron chi connectivity index (χ3n) is 5.47. The molecule has 0 bridgehead atoms. The van der Waals surface area contributed by atoms with Crippen molar-refractivity contribution in [3.63, 3.8) is 0 Å². The van der Waals surface area contributed by atoms with E-state index < -0.39 is 16.4 Å². The molecule has 0 saturated heterocycles. The summed E-state index contributed by atoms with van der Waals surface area (Å²) in [4.78, 5) is 0. The Morgan fingerprint density at radius 1 is 0.771 bits per heavy atom. The van der Waals surface area contributed by atoms with Gasteiger partial charge in [0.2, 0.25) is 0 Å². The zero-order valence-corrected chi connectivity index (χ0v) is 19.2. The van der Waals surface area contributed by atoms with Gasteiger partial charge >= 0.3 is 0 Å². The van der Waals surface area contributed by atoms with Crippen LogP contribution in [-0.2, 0) is 0 Å². The number of para-hydroxylation sites is 1. The van der Waals surface area contributed by atoms with Crippen LogP contribution in [0.15, 0.2) is 108 Å². The van der Waals surface area contributed by atoms with E-state index in [1.54, 1.807) is 0 Å². The van der Waals surface area contributed by atoms with Crippen LogP contribution < -0.4 is 15.9 Å². The molecule has 0 aliphatic heterocycles. The molecular weight excluding hydrogens is 468 g/mol. The fraction of sp³-hybridized carbons (Fsp3) is 0.0385. The first-order valence-corrected chi connectivity index (χ1v) is 11.1. The van der Waals surface area contributed by atoms with Crippen LogP contribution in [0, 0.1) is 10.4 Å². The summed E-state index contributed by atoms with van der Waals surface area (Å²) in [7, 11) is 0. The molecule has 2 unspecified atom stereocenters. The van der Waals surface area contributed by atoms with Gasteiger partial charge in [-0.3, -0.25) is 5.43 Å². The van der Waals surface area contributed by atoms with Gasteiger partial charge in [0.25, 0.3) is 0 Å². The minimum absolute atomic E-state index is 0.0538. The Balaban J connectivity index is 1.97. The van der Waals surface area contributed by atoms with Gasteiger partial charge in [-0.25, -0.2) is 10.4 Å². The summed E-state index contributed by atoms with van der Waals surface area (Å²) in [5, 5.41) is 45.6. The lowest BCUT2D eigenvalue weighted by atomic mass is 9.83. The lowest BCUT2D eigenvalue weighted by Crippen LogP contribution is -3.01. The minimum atomic E-state index is -1.30. The molecule has 4 aromatic rings. The molecule has 35 heavy (non-hydrogen) atoms. The Bertz CT molecular complexity index is 1290. The molecule has 4 rings (SSSR count). The highest BCUT2D eigenvalue weighted by molar-refractivity contribution is 6.32. The molecule has 4 aromatic carbocycles. The molecule has 0 radical (unpaired) electrons.